The number of carbonyl (C=O) groups is 1. The molecule has 1 aromatic heterocycles. The summed E-state index contributed by atoms with van der Waals surface area (Å²) in [5.74, 6) is 0.639. The lowest BCUT2D eigenvalue weighted by molar-refractivity contribution is 0.0601. The second-order valence-corrected chi connectivity index (χ2v) is 5.27. The van der Waals surface area contributed by atoms with Gasteiger partial charge in [-0.25, -0.2) is 9.78 Å². The first-order chi connectivity index (χ1) is 12.7. The Bertz CT molecular complexity index is 947. The first kappa shape index (κ1) is 16.9. The molecule has 128 valence electrons. The van der Waals surface area contributed by atoms with Gasteiger partial charge in [0.25, 0.3) is 0 Å². The number of carbonyl (C=O) groups excluding carboxylic acids is 1. The van der Waals surface area contributed by atoms with Crippen molar-refractivity contribution in [3.05, 3.63) is 71.9 Å². The molecule has 0 radical (unpaired) electrons. The standard InChI is InChI=1S/C19H15N5O2/c1-26-18(25)14-4-8-15(9-5-14)22-17-10-11-21-19(24-17)23-16-6-2-13(12-20)3-7-16/h2-11H,1H3,(H2,21,22,23,24). The number of hydrogen-bond acceptors (Lipinski definition) is 7. The van der Waals surface area contributed by atoms with Gasteiger partial charge in [0, 0.05) is 17.6 Å². The molecule has 7 heteroatoms. The molecule has 0 aliphatic carbocycles. The number of nitrogens with one attached hydrogen (secondary N) is 2. The van der Waals surface area contributed by atoms with E-state index in [0.717, 1.165) is 11.4 Å². The Morgan fingerprint density at radius 1 is 1.00 bits per heavy atom. The topological polar surface area (TPSA) is 99.9 Å². The molecule has 0 saturated heterocycles. The van der Waals surface area contributed by atoms with E-state index in [2.05, 4.69) is 31.4 Å². The molecule has 2 N–H and O–H groups in total. The summed E-state index contributed by atoms with van der Waals surface area (Å²) in [5.41, 5.74) is 2.62. The Kier molecular flexibility index (Phi) is 5.05. The average Bonchev–Trinajstić information content (AvgIpc) is 2.69. The van der Waals surface area contributed by atoms with Gasteiger partial charge in [0.05, 0.1) is 24.3 Å². The van der Waals surface area contributed by atoms with E-state index in [9.17, 15) is 4.79 Å². The molecule has 0 spiro atoms. The zero-order valence-corrected chi connectivity index (χ0v) is 13.9. The van der Waals surface area contributed by atoms with Gasteiger partial charge < -0.3 is 15.4 Å². The third-order valence-corrected chi connectivity index (χ3v) is 3.50. The highest BCUT2D eigenvalue weighted by Gasteiger charge is 2.05. The van der Waals surface area contributed by atoms with Gasteiger partial charge in [-0.05, 0) is 54.6 Å². The minimum absolute atomic E-state index is 0.382. The molecular weight excluding hydrogens is 330 g/mol. The van der Waals surface area contributed by atoms with Crippen LogP contribution in [0.15, 0.2) is 60.8 Å². The zero-order chi connectivity index (χ0) is 18.4. The van der Waals surface area contributed by atoms with E-state index in [1.54, 1.807) is 60.8 Å². The molecule has 26 heavy (non-hydrogen) atoms. The van der Waals surface area contributed by atoms with Crippen molar-refractivity contribution in [2.45, 2.75) is 0 Å². The summed E-state index contributed by atoms with van der Waals surface area (Å²) in [6.07, 6.45) is 1.63. The van der Waals surface area contributed by atoms with Crippen molar-refractivity contribution in [2.24, 2.45) is 0 Å². The predicted molar refractivity (Wildman–Crippen MR) is 97.5 cm³/mol. The molecule has 3 rings (SSSR count). The average molecular weight is 345 g/mol. The minimum atomic E-state index is -0.382. The molecule has 0 atom stereocenters. The first-order valence-electron chi connectivity index (χ1n) is 7.73. The van der Waals surface area contributed by atoms with E-state index >= 15 is 0 Å². The van der Waals surface area contributed by atoms with Crippen LogP contribution in [-0.2, 0) is 4.74 Å². The van der Waals surface area contributed by atoms with Crippen molar-refractivity contribution in [3.63, 3.8) is 0 Å². The van der Waals surface area contributed by atoms with Crippen molar-refractivity contribution in [1.82, 2.24) is 9.97 Å². The summed E-state index contributed by atoms with van der Waals surface area (Å²) in [6.45, 7) is 0. The lowest BCUT2D eigenvalue weighted by atomic mass is 10.2. The highest BCUT2D eigenvalue weighted by Crippen LogP contribution is 2.18. The van der Waals surface area contributed by atoms with Gasteiger partial charge in [-0.15, -0.1) is 0 Å². The molecule has 0 amide bonds. The number of anilines is 4. The maximum absolute atomic E-state index is 11.5. The second kappa shape index (κ2) is 7.77. The molecule has 3 aromatic rings. The number of nitriles is 1. The molecule has 0 bridgehead atoms. The van der Waals surface area contributed by atoms with Crippen LogP contribution in [0, 0.1) is 11.3 Å². The van der Waals surface area contributed by atoms with Crippen LogP contribution >= 0.6 is 0 Å². The summed E-state index contributed by atoms with van der Waals surface area (Å²) < 4.78 is 4.68. The monoisotopic (exact) mass is 345 g/mol. The fourth-order valence-corrected chi connectivity index (χ4v) is 2.20. The minimum Gasteiger partial charge on any atom is -0.465 e. The molecule has 1 heterocycles. The van der Waals surface area contributed by atoms with E-state index < -0.39 is 0 Å². The SMILES string of the molecule is COC(=O)c1ccc(Nc2ccnc(Nc3ccc(C#N)cc3)n2)cc1. The van der Waals surface area contributed by atoms with Gasteiger partial charge in [-0.2, -0.15) is 10.2 Å². The number of hydrogen-bond donors (Lipinski definition) is 2. The number of benzene rings is 2. The van der Waals surface area contributed by atoms with Gasteiger partial charge >= 0.3 is 5.97 Å². The lowest BCUT2D eigenvalue weighted by Crippen LogP contribution is -2.02. The third-order valence-electron chi connectivity index (χ3n) is 3.50. The van der Waals surface area contributed by atoms with Crippen LogP contribution in [0.4, 0.5) is 23.1 Å². The van der Waals surface area contributed by atoms with E-state index in [-0.39, 0.29) is 5.97 Å². The molecule has 0 aliphatic rings. The van der Waals surface area contributed by atoms with Crippen LogP contribution < -0.4 is 10.6 Å². The summed E-state index contributed by atoms with van der Waals surface area (Å²) in [4.78, 5) is 20.0. The number of aromatic nitrogens is 2. The maximum atomic E-state index is 11.5. The Morgan fingerprint density at radius 3 is 2.31 bits per heavy atom. The van der Waals surface area contributed by atoms with Crippen LogP contribution in [-0.4, -0.2) is 23.0 Å². The van der Waals surface area contributed by atoms with Crippen LogP contribution in [0.25, 0.3) is 0 Å². The maximum Gasteiger partial charge on any atom is 0.337 e. The molecule has 0 fully saturated rings. The quantitative estimate of drug-likeness (QED) is 0.681. The fourth-order valence-electron chi connectivity index (χ4n) is 2.20. The lowest BCUT2D eigenvalue weighted by Gasteiger charge is -2.09. The van der Waals surface area contributed by atoms with Gasteiger partial charge in [0.2, 0.25) is 5.95 Å². The molecular formula is C19H15N5O2. The highest BCUT2D eigenvalue weighted by atomic mass is 16.5. The Hall–Kier alpha value is -3.92. The highest BCUT2D eigenvalue weighted by molar-refractivity contribution is 5.89. The first-order valence-corrected chi connectivity index (χ1v) is 7.73. The van der Waals surface area contributed by atoms with Crippen LogP contribution in [0.3, 0.4) is 0 Å². The molecule has 0 aliphatic heterocycles. The number of rotatable bonds is 5. The van der Waals surface area contributed by atoms with Crippen LogP contribution in [0.5, 0.6) is 0 Å². The number of esters is 1. The smallest absolute Gasteiger partial charge is 0.337 e. The molecule has 7 nitrogen and oxygen atoms in total. The third kappa shape index (κ3) is 4.13. The van der Waals surface area contributed by atoms with E-state index in [4.69, 9.17) is 5.26 Å². The van der Waals surface area contributed by atoms with Gasteiger partial charge in [-0.3, -0.25) is 0 Å². The van der Waals surface area contributed by atoms with Crippen LogP contribution in [0.2, 0.25) is 0 Å². The van der Waals surface area contributed by atoms with E-state index in [1.807, 2.05) is 0 Å². The summed E-state index contributed by atoms with van der Waals surface area (Å²) in [5, 5.41) is 15.1. The molecule has 0 unspecified atom stereocenters. The normalized spacial score (nSPS) is 9.85. The second-order valence-electron chi connectivity index (χ2n) is 5.27. The predicted octanol–water partition coefficient (Wildman–Crippen LogP) is 3.62. The number of methoxy groups -OCH3 is 1. The van der Waals surface area contributed by atoms with Gasteiger partial charge in [0.15, 0.2) is 0 Å². The largest absolute Gasteiger partial charge is 0.465 e. The fraction of sp³-hybridized carbons (Fsp3) is 0.0526. The van der Waals surface area contributed by atoms with Crippen LogP contribution in [0.1, 0.15) is 15.9 Å². The number of nitrogens with zero attached hydrogens (tertiary/aromatic N) is 3. The van der Waals surface area contributed by atoms with Crippen molar-refractivity contribution in [1.29, 1.82) is 5.26 Å². The number of ether oxygens (including phenoxy) is 1. The van der Waals surface area contributed by atoms with Crippen molar-refractivity contribution in [3.8, 4) is 6.07 Å². The molecule has 2 aromatic carbocycles. The summed E-state index contributed by atoms with van der Waals surface area (Å²) in [7, 11) is 1.35. The van der Waals surface area contributed by atoms with Gasteiger partial charge in [-0.1, -0.05) is 0 Å². The Balaban J connectivity index is 1.70. The Morgan fingerprint density at radius 2 is 1.65 bits per heavy atom. The van der Waals surface area contributed by atoms with E-state index in [1.165, 1.54) is 7.11 Å². The van der Waals surface area contributed by atoms with Crippen molar-refractivity contribution < 1.29 is 9.53 Å². The van der Waals surface area contributed by atoms with E-state index in [0.29, 0.717) is 22.9 Å². The Labute approximate surface area is 150 Å². The summed E-state index contributed by atoms with van der Waals surface area (Å²) in [6, 6.07) is 17.7. The van der Waals surface area contributed by atoms with Gasteiger partial charge in [0.1, 0.15) is 5.82 Å². The molecule has 0 saturated carbocycles. The van der Waals surface area contributed by atoms with Crippen molar-refractivity contribution in [2.75, 3.05) is 17.7 Å². The van der Waals surface area contributed by atoms with Crippen molar-refractivity contribution >= 4 is 29.1 Å². The summed E-state index contributed by atoms with van der Waals surface area (Å²) >= 11 is 0. The zero-order valence-electron chi connectivity index (χ0n) is 13.9.